The van der Waals surface area contributed by atoms with Gasteiger partial charge in [0.2, 0.25) is 17.7 Å². The number of carbonyl (C=O) groups is 4. The average Bonchev–Trinajstić information content (AvgIpc) is 3.85. The zero-order chi connectivity index (χ0) is 41.8. The maximum absolute atomic E-state index is 13.9. The van der Waals surface area contributed by atoms with Crippen molar-refractivity contribution in [2.75, 3.05) is 13.2 Å². The van der Waals surface area contributed by atoms with Gasteiger partial charge >= 0.3 is 0 Å². The minimum absolute atomic E-state index is 0.0674. The summed E-state index contributed by atoms with van der Waals surface area (Å²) in [7, 11) is 0. The van der Waals surface area contributed by atoms with E-state index in [1.807, 2.05) is 76.2 Å². The van der Waals surface area contributed by atoms with E-state index >= 15 is 0 Å². The van der Waals surface area contributed by atoms with Gasteiger partial charge < -0.3 is 34.7 Å². The molecule has 1 saturated carbocycles. The van der Waals surface area contributed by atoms with E-state index in [0.29, 0.717) is 48.8 Å². The van der Waals surface area contributed by atoms with Crippen LogP contribution in [-0.2, 0) is 32.3 Å². The Labute approximate surface area is 341 Å². The van der Waals surface area contributed by atoms with Crippen LogP contribution in [0.4, 0.5) is 0 Å². The van der Waals surface area contributed by atoms with Crippen LogP contribution in [0.3, 0.4) is 0 Å². The van der Waals surface area contributed by atoms with Crippen molar-refractivity contribution in [2.45, 2.75) is 106 Å². The molecule has 2 heterocycles. The van der Waals surface area contributed by atoms with Crippen molar-refractivity contribution in [3.63, 3.8) is 0 Å². The molecule has 6 rings (SSSR count). The fourth-order valence-corrected chi connectivity index (χ4v) is 8.62. The number of rotatable bonds is 14. The minimum atomic E-state index is -0.856. The number of nitrogens with one attached hydrogen (secondary N) is 3. The van der Waals surface area contributed by atoms with E-state index in [-0.39, 0.29) is 47.8 Å². The molecule has 308 valence electrons. The molecule has 58 heavy (non-hydrogen) atoms. The Morgan fingerprint density at radius 1 is 0.897 bits per heavy atom. The van der Waals surface area contributed by atoms with E-state index < -0.39 is 23.4 Å². The Bertz CT molecular complexity index is 2070. The Morgan fingerprint density at radius 3 is 2.10 bits per heavy atom. The summed E-state index contributed by atoms with van der Waals surface area (Å²) in [4.78, 5) is 59.1. The molecule has 4 amide bonds. The molecule has 2 fully saturated rings. The van der Waals surface area contributed by atoms with Gasteiger partial charge in [0.15, 0.2) is 12.2 Å². The second kappa shape index (κ2) is 17.2. The third-order valence-electron chi connectivity index (χ3n) is 11.2. The molecule has 3 aromatic carbocycles. The summed E-state index contributed by atoms with van der Waals surface area (Å²) in [6.45, 7) is 17.0. The first-order chi connectivity index (χ1) is 27.4. The van der Waals surface area contributed by atoms with Crippen molar-refractivity contribution in [3.05, 3.63) is 102 Å². The van der Waals surface area contributed by atoms with Gasteiger partial charge in [0.25, 0.3) is 5.91 Å². The van der Waals surface area contributed by atoms with Crippen LogP contribution in [0.15, 0.2) is 83.6 Å². The molecule has 2 atom stereocenters. The molecular weight excluding hydrogens is 735 g/mol. The van der Waals surface area contributed by atoms with E-state index in [4.69, 9.17) is 13.9 Å². The van der Waals surface area contributed by atoms with E-state index in [2.05, 4.69) is 48.6 Å². The van der Waals surface area contributed by atoms with Gasteiger partial charge in [-0.3, -0.25) is 19.2 Å². The monoisotopic (exact) mass is 791 g/mol. The van der Waals surface area contributed by atoms with Gasteiger partial charge in [0.05, 0.1) is 12.3 Å². The molecule has 4 aromatic rings. The van der Waals surface area contributed by atoms with E-state index in [9.17, 15) is 19.2 Å². The summed E-state index contributed by atoms with van der Waals surface area (Å²) < 4.78 is 17.2. The van der Waals surface area contributed by atoms with Gasteiger partial charge in [0, 0.05) is 30.3 Å². The van der Waals surface area contributed by atoms with Gasteiger partial charge in [-0.05, 0) is 90.0 Å². The average molecular weight is 792 g/mol. The Morgan fingerprint density at radius 2 is 1.52 bits per heavy atom. The maximum atomic E-state index is 13.9. The number of benzene rings is 3. The first-order valence-electron chi connectivity index (χ1n) is 20.0. The molecule has 0 radical (unpaired) electrons. The Balaban J connectivity index is 0.950. The number of likely N-dealkylation sites (tertiary alicyclic amines) is 1. The summed E-state index contributed by atoms with van der Waals surface area (Å²) in [5, 5.41) is 9.09. The normalized spacial score (nSPS) is 17.9. The van der Waals surface area contributed by atoms with Crippen LogP contribution >= 0.6 is 0 Å². The summed E-state index contributed by atoms with van der Waals surface area (Å²) in [5.74, 6) is 0.895. The third kappa shape index (κ3) is 9.96. The molecule has 0 spiro atoms. The highest BCUT2D eigenvalue weighted by Crippen LogP contribution is 2.53. The molecule has 1 aliphatic heterocycles. The smallest absolute Gasteiger partial charge is 0.251 e. The number of oxazole rings is 1. The number of hydrogen-bond acceptors (Lipinski definition) is 8. The van der Waals surface area contributed by atoms with Gasteiger partial charge in [-0.25, -0.2) is 4.98 Å². The van der Waals surface area contributed by atoms with Crippen molar-refractivity contribution < 1.29 is 33.1 Å². The number of aryl methyl sites for hydroxylation is 1. The first-order valence-corrected chi connectivity index (χ1v) is 20.0. The highest BCUT2D eigenvalue weighted by molar-refractivity contribution is 5.95. The van der Waals surface area contributed by atoms with Crippen LogP contribution in [0, 0.1) is 23.2 Å². The molecule has 3 N–H and O–H groups in total. The zero-order valence-electron chi connectivity index (χ0n) is 34.9. The number of aromatic nitrogens is 1. The third-order valence-corrected chi connectivity index (χ3v) is 11.2. The molecule has 1 saturated heterocycles. The van der Waals surface area contributed by atoms with Crippen LogP contribution in [0.2, 0.25) is 0 Å². The fraction of sp³-hybridized carbons (Fsp3) is 0.457. The van der Waals surface area contributed by atoms with Crippen LogP contribution < -0.4 is 20.7 Å². The number of ether oxygens (including phenoxy) is 2. The summed E-state index contributed by atoms with van der Waals surface area (Å²) in [5.41, 5.74) is 3.55. The van der Waals surface area contributed by atoms with Crippen molar-refractivity contribution in [2.24, 2.45) is 16.2 Å². The Hall–Kier alpha value is -5.49. The molecule has 2 aliphatic rings. The highest BCUT2D eigenvalue weighted by atomic mass is 16.5. The van der Waals surface area contributed by atoms with E-state index in [0.717, 1.165) is 28.8 Å². The predicted octanol–water partition coefficient (Wildman–Crippen LogP) is 7.35. The lowest BCUT2D eigenvalue weighted by Gasteiger charge is -2.57. The first kappa shape index (κ1) is 42.1. The fourth-order valence-electron chi connectivity index (χ4n) is 8.62. The number of carbonyl (C=O) groups excluding carboxylic acids is 4. The van der Waals surface area contributed by atoms with Crippen molar-refractivity contribution >= 4 is 23.6 Å². The molecule has 1 aromatic heterocycles. The molecule has 12 nitrogen and oxygen atoms in total. The Kier molecular flexibility index (Phi) is 12.5. The molecule has 0 unspecified atom stereocenters. The summed E-state index contributed by atoms with van der Waals surface area (Å²) in [6, 6.07) is 20.7. The SMILES string of the molecule is Cc1ncoc1-c1ccc(CNC(=O)[C@@H]2CCCN2C(=O)[C@@H](NC(=O)COCc2ccc(Oc3ccc(C(=O)NC4C(C)(C)CC4(C)C)cc3)cc2)C(C)(C)C)cc1. The van der Waals surface area contributed by atoms with Crippen LogP contribution in [0.25, 0.3) is 11.3 Å². The number of amides is 4. The van der Waals surface area contributed by atoms with Gasteiger partial charge in [-0.1, -0.05) is 84.9 Å². The molecule has 0 bridgehead atoms. The number of nitrogens with zero attached hydrogens (tertiary/aromatic N) is 2. The zero-order valence-corrected chi connectivity index (χ0v) is 34.9. The minimum Gasteiger partial charge on any atom is -0.457 e. The number of hydrogen-bond donors (Lipinski definition) is 3. The van der Waals surface area contributed by atoms with Crippen LogP contribution in [0.1, 0.15) is 94.9 Å². The van der Waals surface area contributed by atoms with Crippen molar-refractivity contribution in [1.29, 1.82) is 0 Å². The van der Waals surface area contributed by atoms with Crippen molar-refractivity contribution in [3.8, 4) is 22.8 Å². The lowest BCUT2D eigenvalue weighted by molar-refractivity contribution is -0.144. The van der Waals surface area contributed by atoms with E-state index in [1.54, 1.807) is 29.2 Å². The van der Waals surface area contributed by atoms with Gasteiger partial charge in [-0.2, -0.15) is 0 Å². The molecule has 12 heteroatoms. The quantitative estimate of drug-likeness (QED) is 0.120. The van der Waals surface area contributed by atoms with Crippen molar-refractivity contribution in [1.82, 2.24) is 25.8 Å². The topological polar surface area (TPSA) is 152 Å². The summed E-state index contributed by atoms with van der Waals surface area (Å²) >= 11 is 0. The van der Waals surface area contributed by atoms with Gasteiger partial charge in [0.1, 0.15) is 30.2 Å². The lowest BCUT2D eigenvalue weighted by Crippen LogP contribution is -2.63. The standard InChI is InChI=1S/C46H57N5O7/c1-29-38(57-28-48-29)32-15-11-30(12-16-32)24-47-41(54)36-10-9-23-51(36)42(55)39(44(2,3)4)49-37(52)26-56-25-31-13-19-34(20-14-31)58-35-21-17-33(18-22-35)40(53)50-43-45(5,6)27-46(43,7)8/h11-22,28,36,39,43H,9-10,23-27H2,1-8H3,(H,47,54)(H,49,52)(H,50,53)/t36-,39+/m0/s1. The van der Waals surface area contributed by atoms with Gasteiger partial charge in [-0.15, -0.1) is 0 Å². The maximum Gasteiger partial charge on any atom is 0.251 e. The predicted molar refractivity (Wildman–Crippen MR) is 221 cm³/mol. The molecular formula is C46H57N5O7. The second-order valence-corrected chi connectivity index (χ2v) is 18.1. The summed E-state index contributed by atoms with van der Waals surface area (Å²) in [6.07, 6.45) is 3.71. The van der Waals surface area contributed by atoms with Crippen LogP contribution in [0.5, 0.6) is 11.5 Å². The lowest BCUT2D eigenvalue weighted by atomic mass is 9.52. The largest absolute Gasteiger partial charge is 0.457 e. The molecule has 1 aliphatic carbocycles. The van der Waals surface area contributed by atoms with Crippen LogP contribution in [-0.4, -0.2) is 64.8 Å². The van der Waals surface area contributed by atoms with E-state index in [1.165, 1.54) is 6.39 Å². The second-order valence-electron chi connectivity index (χ2n) is 18.1. The highest BCUT2D eigenvalue weighted by Gasteiger charge is 2.53.